The molecule has 6 nitrogen and oxygen atoms in total. The number of H-pyrrole nitrogens is 1. The van der Waals surface area contributed by atoms with Crippen molar-refractivity contribution in [1.29, 1.82) is 0 Å². The number of aromatic nitrogens is 1. The van der Waals surface area contributed by atoms with Crippen molar-refractivity contribution < 1.29 is 23.8 Å². The van der Waals surface area contributed by atoms with Gasteiger partial charge in [-0.05, 0) is 46.0 Å². The molecule has 0 radical (unpaired) electrons. The molecule has 1 atom stereocenters. The zero-order valence-corrected chi connectivity index (χ0v) is 17.5. The van der Waals surface area contributed by atoms with E-state index >= 15 is 0 Å². The molecule has 1 unspecified atom stereocenters. The van der Waals surface area contributed by atoms with Crippen molar-refractivity contribution in [2.75, 3.05) is 6.61 Å². The molecule has 0 bridgehead atoms. The summed E-state index contributed by atoms with van der Waals surface area (Å²) in [6.45, 7) is 0.0878. The Morgan fingerprint density at radius 2 is 1.70 bits per heavy atom. The number of alkyl carbamates (subject to hydrolysis) is 1. The van der Waals surface area contributed by atoms with E-state index < -0.39 is 23.9 Å². The number of carboxylic acid groups (broad SMARTS) is 1. The smallest absolute Gasteiger partial charge is 0.407 e. The van der Waals surface area contributed by atoms with Gasteiger partial charge in [0.25, 0.3) is 0 Å². The maximum atomic E-state index is 13.6. The number of hydrogen-bond acceptors (Lipinski definition) is 3. The number of hydrogen-bond donors (Lipinski definition) is 3. The largest absolute Gasteiger partial charge is 0.480 e. The molecular weight excluding hydrogens is 423 g/mol. The third kappa shape index (κ3) is 3.93. The highest BCUT2D eigenvalue weighted by molar-refractivity contribution is 5.86. The van der Waals surface area contributed by atoms with Crippen LogP contribution in [0.25, 0.3) is 22.0 Å². The van der Waals surface area contributed by atoms with Gasteiger partial charge in [0.05, 0.1) is 0 Å². The van der Waals surface area contributed by atoms with Crippen molar-refractivity contribution in [2.24, 2.45) is 0 Å². The first kappa shape index (κ1) is 20.8. The standard InChI is InChI=1S/C26H21FN2O4/c27-16-9-10-23-21(12-16)15(13-28-23)11-24(25(30)31)29-26(32)33-14-22-19-7-3-1-5-17(19)18-6-2-4-8-20(18)22/h1-10,12-13,22,24,28H,11,14H2,(H,29,32)(H,30,31). The summed E-state index contributed by atoms with van der Waals surface area (Å²) in [5, 5.41) is 12.7. The van der Waals surface area contributed by atoms with E-state index in [0.29, 0.717) is 16.5 Å². The number of aliphatic carboxylic acids is 1. The van der Waals surface area contributed by atoms with Crippen LogP contribution in [0.4, 0.5) is 9.18 Å². The Balaban J connectivity index is 1.29. The van der Waals surface area contributed by atoms with Crippen molar-refractivity contribution in [3.8, 4) is 11.1 Å². The van der Waals surface area contributed by atoms with Crippen molar-refractivity contribution >= 4 is 23.0 Å². The van der Waals surface area contributed by atoms with E-state index in [-0.39, 0.29) is 18.9 Å². The summed E-state index contributed by atoms with van der Waals surface area (Å²) < 4.78 is 19.1. The third-order valence-electron chi connectivity index (χ3n) is 6.09. The van der Waals surface area contributed by atoms with Crippen molar-refractivity contribution in [1.82, 2.24) is 10.3 Å². The maximum Gasteiger partial charge on any atom is 0.407 e. The summed E-state index contributed by atoms with van der Waals surface area (Å²) in [4.78, 5) is 27.3. The Morgan fingerprint density at radius 3 is 2.36 bits per heavy atom. The number of nitrogens with one attached hydrogen (secondary N) is 2. The molecule has 0 aliphatic heterocycles. The van der Waals surface area contributed by atoms with Crippen LogP contribution < -0.4 is 5.32 Å². The minimum atomic E-state index is -1.22. The summed E-state index contributed by atoms with van der Waals surface area (Å²) in [6, 6.07) is 19.0. The highest BCUT2D eigenvalue weighted by Gasteiger charge is 2.30. The quantitative estimate of drug-likeness (QED) is 0.397. The predicted octanol–water partition coefficient (Wildman–Crippen LogP) is 4.84. The lowest BCUT2D eigenvalue weighted by Gasteiger charge is -2.17. The molecule has 4 aromatic rings. The van der Waals surface area contributed by atoms with Gasteiger partial charge >= 0.3 is 12.1 Å². The van der Waals surface area contributed by atoms with Crippen LogP contribution in [0.2, 0.25) is 0 Å². The second kappa shape index (κ2) is 8.43. The van der Waals surface area contributed by atoms with Gasteiger partial charge in [0, 0.05) is 29.4 Å². The lowest BCUT2D eigenvalue weighted by Crippen LogP contribution is -2.42. The van der Waals surface area contributed by atoms with Crippen LogP contribution in [-0.4, -0.2) is 34.8 Å². The van der Waals surface area contributed by atoms with E-state index in [2.05, 4.69) is 10.3 Å². The number of carbonyl (C=O) groups is 2. The molecule has 1 heterocycles. The van der Waals surface area contributed by atoms with E-state index in [4.69, 9.17) is 4.74 Å². The normalized spacial score (nSPS) is 13.4. The first-order valence-corrected chi connectivity index (χ1v) is 10.6. The molecule has 1 aliphatic rings. The molecule has 3 N–H and O–H groups in total. The van der Waals surface area contributed by atoms with Crippen molar-refractivity contribution in [3.05, 3.63) is 95.4 Å². The summed E-state index contributed by atoms with van der Waals surface area (Å²) in [5.74, 6) is -1.74. The molecule has 166 valence electrons. The Kier molecular flexibility index (Phi) is 5.30. The highest BCUT2D eigenvalue weighted by Crippen LogP contribution is 2.44. The first-order valence-electron chi connectivity index (χ1n) is 10.6. The molecule has 0 fully saturated rings. The van der Waals surface area contributed by atoms with Gasteiger partial charge in [0.2, 0.25) is 0 Å². The Hall–Kier alpha value is -4.13. The van der Waals surface area contributed by atoms with Crippen LogP contribution in [0.5, 0.6) is 0 Å². The Labute approximate surface area is 189 Å². The first-order chi connectivity index (χ1) is 16.0. The molecule has 7 heteroatoms. The fourth-order valence-electron chi connectivity index (χ4n) is 4.52. The van der Waals surface area contributed by atoms with Crippen LogP contribution >= 0.6 is 0 Å². The van der Waals surface area contributed by atoms with Crippen molar-refractivity contribution in [3.63, 3.8) is 0 Å². The van der Waals surface area contributed by atoms with Gasteiger partial charge < -0.3 is 20.1 Å². The number of benzene rings is 3. The summed E-state index contributed by atoms with van der Waals surface area (Å²) >= 11 is 0. The van der Waals surface area contributed by atoms with E-state index in [0.717, 1.165) is 22.3 Å². The average molecular weight is 444 g/mol. The minimum Gasteiger partial charge on any atom is -0.480 e. The van der Waals surface area contributed by atoms with E-state index in [1.807, 2.05) is 48.5 Å². The van der Waals surface area contributed by atoms with Crippen LogP contribution in [-0.2, 0) is 16.0 Å². The van der Waals surface area contributed by atoms with Gasteiger partial charge in [0.1, 0.15) is 18.5 Å². The molecule has 3 aromatic carbocycles. The fourth-order valence-corrected chi connectivity index (χ4v) is 4.52. The van der Waals surface area contributed by atoms with Gasteiger partial charge in [-0.25, -0.2) is 14.0 Å². The third-order valence-corrected chi connectivity index (χ3v) is 6.09. The van der Waals surface area contributed by atoms with Gasteiger partial charge in [-0.15, -0.1) is 0 Å². The number of halogens is 1. The summed E-state index contributed by atoms with van der Waals surface area (Å²) in [7, 11) is 0. The molecule has 0 saturated heterocycles. The highest BCUT2D eigenvalue weighted by atomic mass is 19.1. The van der Waals surface area contributed by atoms with Gasteiger partial charge in [-0.2, -0.15) is 0 Å². The van der Waals surface area contributed by atoms with Gasteiger partial charge in [0.15, 0.2) is 0 Å². The van der Waals surface area contributed by atoms with Crippen LogP contribution in [0, 0.1) is 5.82 Å². The molecule has 1 amide bonds. The monoisotopic (exact) mass is 444 g/mol. The molecule has 0 spiro atoms. The molecule has 1 aliphatic carbocycles. The predicted molar refractivity (Wildman–Crippen MR) is 122 cm³/mol. The number of fused-ring (bicyclic) bond motifs is 4. The van der Waals surface area contributed by atoms with E-state index in [1.165, 1.54) is 12.1 Å². The Bertz CT molecular complexity index is 1320. The van der Waals surface area contributed by atoms with E-state index in [9.17, 15) is 19.1 Å². The number of carboxylic acids is 1. The molecular formula is C26H21FN2O4. The molecule has 1 aromatic heterocycles. The average Bonchev–Trinajstić information content (AvgIpc) is 3.35. The lowest BCUT2D eigenvalue weighted by molar-refractivity contribution is -0.139. The molecule has 0 saturated carbocycles. The van der Waals surface area contributed by atoms with Gasteiger partial charge in [-0.1, -0.05) is 48.5 Å². The second-order valence-electron chi connectivity index (χ2n) is 8.07. The Morgan fingerprint density at radius 1 is 1.03 bits per heavy atom. The number of aromatic amines is 1. The second-order valence-corrected chi connectivity index (χ2v) is 8.07. The number of amides is 1. The zero-order valence-electron chi connectivity index (χ0n) is 17.5. The fraction of sp³-hybridized carbons (Fsp3) is 0.154. The topological polar surface area (TPSA) is 91.4 Å². The number of rotatable bonds is 6. The lowest BCUT2D eigenvalue weighted by atomic mass is 9.98. The minimum absolute atomic E-state index is 0.0109. The molecule has 33 heavy (non-hydrogen) atoms. The number of ether oxygens (including phenoxy) is 1. The van der Waals surface area contributed by atoms with Crippen LogP contribution in [0.1, 0.15) is 22.6 Å². The summed E-state index contributed by atoms with van der Waals surface area (Å²) in [5.41, 5.74) is 5.64. The molecule has 5 rings (SSSR count). The summed E-state index contributed by atoms with van der Waals surface area (Å²) in [6.07, 6.45) is 0.804. The van der Waals surface area contributed by atoms with Crippen LogP contribution in [0.3, 0.4) is 0 Å². The van der Waals surface area contributed by atoms with Gasteiger partial charge in [-0.3, -0.25) is 0 Å². The van der Waals surface area contributed by atoms with E-state index in [1.54, 1.807) is 12.3 Å². The SMILES string of the molecule is O=C(NC(Cc1c[nH]c2ccc(F)cc12)C(=O)O)OCC1c2ccccc2-c2ccccc21. The van der Waals surface area contributed by atoms with Crippen molar-refractivity contribution in [2.45, 2.75) is 18.4 Å². The maximum absolute atomic E-state index is 13.6. The van der Waals surface area contributed by atoms with Crippen LogP contribution in [0.15, 0.2) is 72.9 Å². The number of carbonyl (C=O) groups excluding carboxylic acids is 1. The zero-order chi connectivity index (χ0) is 22.9.